The number of hydrogen-bond acceptors (Lipinski definition) is 4. The highest BCUT2D eigenvalue weighted by molar-refractivity contribution is 7.92. The first-order valence-corrected chi connectivity index (χ1v) is 10.6. The van der Waals surface area contributed by atoms with Crippen LogP contribution in [0.4, 0.5) is 0 Å². The molecule has 2 aromatic carbocycles. The van der Waals surface area contributed by atoms with Crippen LogP contribution < -0.4 is 4.80 Å². The van der Waals surface area contributed by atoms with Crippen LogP contribution in [-0.2, 0) is 21.7 Å². The van der Waals surface area contributed by atoms with E-state index in [0.717, 1.165) is 21.3 Å². The van der Waals surface area contributed by atoms with Gasteiger partial charge in [-0.05, 0) is 56.2 Å². The van der Waals surface area contributed by atoms with Gasteiger partial charge in [-0.1, -0.05) is 29.0 Å². The molecule has 7 heteroatoms. The lowest BCUT2D eigenvalue weighted by atomic mass is 10.1. The van der Waals surface area contributed by atoms with Crippen LogP contribution >= 0.6 is 11.3 Å². The Morgan fingerprint density at radius 2 is 1.69 bits per heavy atom. The largest absolute Gasteiger partial charge is 0.319 e. The average molecular weight is 389 g/mol. The Balaban J connectivity index is 1.95. The monoisotopic (exact) mass is 388 g/mol. The molecule has 5 nitrogen and oxygen atoms in total. The van der Waals surface area contributed by atoms with Crippen LogP contribution in [0.25, 0.3) is 10.2 Å². The number of fused-ring (bicyclic) bond motifs is 1. The Bertz CT molecular complexity index is 1170. The zero-order valence-corrected chi connectivity index (χ0v) is 16.7. The van der Waals surface area contributed by atoms with Crippen LogP contribution in [0.15, 0.2) is 46.3 Å². The summed E-state index contributed by atoms with van der Waals surface area (Å²) in [6.07, 6.45) is 0. The van der Waals surface area contributed by atoms with Crippen molar-refractivity contribution < 1.29 is 13.2 Å². The van der Waals surface area contributed by atoms with E-state index in [4.69, 9.17) is 0 Å². The molecular formula is C19H20N2O3S2. The molecule has 0 saturated carbocycles. The second kappa shape index (κ2) is 6.81. The number of carbonyl (C=O) groups excluding carboxylic acids is 1. The zero-order chi connectivity index (χ0) is 19.1. The van der Waals surface area contributed by atoms with E-state index in [1.807, 2.05) is 38.5 Å². The Labute approximate surface area is 156 Å². The molecule has 1 aromatic heterocycles. The fourth-order valence-electron chi connectivity index (χ4n) is 2.62. The molecular weight excluding hydrogens is 368 g/mol. The van der Waals surface area contributed by atoms with Crippen LogP contribution in [0.3, 0.4) is 0 Å². The molecule has 0 N–H and O–H groups in total. The lowest BCUT2D eigenvalue weighted by Crippen LogP contribution is -2.19. The van der Waals surface area contributed by atoms with Crippen LogP contribution in [0.2, 0.25) is 0 Å². The molecule has 0 atom stereocenters. The summed E-state index contributed by atoms with van der Waals surface area (Å²) < 4.78 is 27.7. The SMILES string of the molecule is Cc1ccc(S(=O)(=O)CC(=O)N=c2sc3cc(C)c(C)cc3n2C)cc1. The first kappa shape index (κ1) is 18.5. The lowest BCUT2D eigenvalue weighted by Gasteiger charge is -2.02. The summed E-state index contributed by atoms with van der Waals surface area (Å²) in [6.45, 7) is 5.94. The quantitative estimate of drug-likeness (QED) is 0.692. The molecule has 0 aliphatic rings. The Morgan fingerprint density at radius 3 is 2.35 bits per heavy atom. The maximum absolute atomic E-state index is 12.4. The molecule has 0 spiro atoms. The standard InChI is InChI=1S/C19H20N2O3S2/c1-12-5-7-15(8-6-12)26(23,24)11-18(22)20-19-21(4)16-9-13(2)14(3)10-17(16)25-19/h5-10H,11H2,1-4H3. The minimum absolute atomic E-state index is 0.138. The maximum atomic E-state index is 12.4. The molecule has 0 saturated heterocycles. The van der Waals surface area contributed by atoms with Gasteiger partial charge in [-0.15, -0.1) is 0 Å². The fraction of sp³-hybridized carbons (Fsp3) is 0.263. The van der Waals surface area contributed by atoms with E-state index in [9.17, 15) is 13.2 Å². The first-order chi connectivity index (χ1) is 12.2. The highest BCUT2D eigenvalue weighted by Crippen LogP contribution is 2.21. The van der Waals surface area contributed by atoms with Crippen molar-refractivity contribution in [2.75, 3.05) is 5.75 Å². The van der Waals surface area contributed by atoms with Crippen molar-refractivity contribution in [3.05, 3.63) is 57.9 Å². The van der Waals surface area contributed by atoms with Gasteiger partial charge in [0, 0.05) is 7.05 Å². The van der Waals surface area contributed by atoms with Crippen molar-refractivity contribution in [3.8, 4) is 0 Å². The smallest absolute Gasteiger partial charge is 0.263 e. The van der Waals surface area contributed by atoms with Crippen molar-refractivity contribution in [3.63, 3.8) is 0 Å². The van der Waals surface area contributed by atoms with E-state index in [2.05, 4.69) is 11.1 Å². The summed E-state index contributed by atoms with van der Waals surface area (Å²) in [5, 5.41) is 0. The third kappa shape index (κ3) is 3.64. The van der Waals surface area contributed by atoms with Gasteiger partial charge in [0.25, 0.3) is 5.91 Å². The molecule has 0 radical (unpaired) electrons. The summed E-state index contributed by atoms with van der Waals surface area (Å²) in [5.74, 6) is -1.30. The molecule has 26 heavy (non-hydrogen) atoms. The topological polar surface area (TPSA) is 68.5 Å². The summed E-state index contributed by atoms with van der Waals surface area (Å²) >= 11 is 1.38. The molecule has 3 rings (SSSR count). The normalized spacial score (nSPS) is 12.7. The number of amides is 1. The van der Waals surface area contributed by atoms with Gasteiger partial charge in [-0.25, -0.2) is 8.42 Å². The van der Waals surface area contributed by atoms with Gasteiger partial charge >= 0.3 is 0 Å². The molecule has 1 heterocycles. The molecule has 0 fully saturated rings. The number of aromatic nitrogens is 1. The molecule has 0 aliphatic carbocycles. The van der Waals surface area contributed by atoms with Gasteiger partial charge < -0.3 is 4.57 Å². The highest BCUT2D eigenvalue weighted by Gasteiger charge is 2.19. The summed E-state index contributed by atoms with van der Waals surface area (Å²) in [4.78, 5) is 17.0. The van der Waals surface area contributed by atoms with Gasteiger partial charge in [0.05, 0.1) is 15.1 Å². The van der Waals surface area contributed by atoms with Gasteiger partial charge in [-0.2, -0.15) is 4.99 Å². The molecule has 0 bridgehead atoms. The number of sulfone groups is 1. The van der Waals surface area contributed by atoms with Crippen LogP contribution in [0, 0.1) is 20.8 Å². The molecule has 1 amide bonds. The third-order valence-electron chi connectivity index (χ3n) is 4.34. The second-order valence-corrected chi connectivity index (χ2v) is 9.42. The summed E-state index contributed by atoms with van der Waals surface area (Å²) in [7, 11) is -1.87. The van der Waals surface area contributed by atoms with E-state index in [0.29, 0.717) is 4.80 Å². The van der Waals surface area contributed by atoms with Gasteiger partial charge in [0.15, 0.2) is 14.6 Å². The van der Waals surface area contributed by atoms with Gasteiger partial charge in [0.1, 0.15) is 5.75 Å². The molecule has 3 aromatic rings. The number of aryl methyl sites for hydroxylation is 4. The Morgan fingerprint density at radius 1 is 1.08 bits per heavy atom. The molecule has 136 valence electrons. The second-order valence-electron chi connectivity index (χ2n) is 6.43. The van der Waals surface area contributed by atoms with Crippen molar-refractivity contribution >= 4 is 37.3 Å². The van der Waals surface area contributed by atoms with Gasteiger partial charge in [-0.3, -0.25) is 4.79 Å². The highest BCUT2D eigenvalue weighted by atomic mass is 32.2. The number of carbonyl (C=O) groups is 1. The minimum atomic E-state index is -3.70. The number of hydrogen-bond donors (Lipinski definition) is 0. The Kier molecular flexibility index (Phi) is 4.86. The first-order valence-electron chi connectivity index (χ1n) is 8.11. The Hall–Kier alpha value is -2.25. The van der Waals surface area contributed by atoms with Crippen molar-refractivity contribution in [2.45, 2.75) is 25.7 Å². The van der Waals surface area contributed by atoms with Crippen LogP contribution in [-0.4, -0.2) is 24.6 Å². The third-order valence-corrected chi connectivity index (χ3v) is 7.05. The van der Waals surface area contributed by atoms with Crippen LogP contribution in [0.1, 0.15) is 16.7 Å². The van der Waals surface area contributed by atoms with Gasteiger partial charge in [0.2, 0.25) is 0 Å². The predicted octanol–water partition coefficient (Wildman–Crippen LogP) is 3.07. The van der Waals surface area contributed by atoms with E-state index in [1.54, 1.807) is 12.1 Å². The predicted molar refractivity (Wildman–Crippen MR) is 104 cm³/mol. The number of nitrogens with zero attached hydrogens (tertiary/aromatic N) is 2. The zero-order valence-electron chi connectivity index (χ0n) is 15.1. The van der Waals surface area contributed by atoms with E-state index in [-0.39, 0.29) is 4.90 Å². The molecule has 0 unspecified atom stereocenters. The van der Waals surface area contributed by atoms with Crippen molar-refractivity contribution in [1.82, 2.24) is 4.57 Å². The van der Waals surface area contributed by atoms with Crippen molar-refractivity contribution in [2.24, 2.45) is 12.0 Å². The lowest BCUT2D eigenvalue weighted by molar-refractivity contribution is -0.115. The maximum Gasteiger partial charge on any atom is 0.263 e. The summed E-state index contributed by atoms with van der Waals surface area (Å²) in [6, 6.07) is 10.6. The fourth-order valence-corrected chi connectivity index (χ4v) is 4.84. The van der Waals surface area contributed by atoms with Crippen molar-refractivity contribution in [1.29, 1.82) is 0 Å². The van der Waals surface area contributed by atoms with E-state index in [1.165, 1.54) is 29.0 Å². The summed E-state index contributed by atoms with van der Waals surface area (Å²) in [5.41, 5.74) is 4.26. The number of rotatable bonds is 3. The number of benzene rings is 2. The average Bonchev–Trinajstić information content (AvgIpc) is 2.83. The number of thiazole rings is 1. The minimum Gasteiger partial charge on any atom is -0.319 e. The van der Waals surface area contributed by atoms with E-state index >= 15 is 0 Å². The van der Waals surface area contributed by atoms with E-state index < -0.39 is 21.5 Å². The molecule has 0 aliphatic heterocycles. The van der Waals surface area contributed by atoms with Crippen LogP contribution in [0.5, 0.6) is 0 Å².